The molecule has 0 radical (unpaired) electrons. The molecular formula is C21H28N2O3S. The first-order chi connectivity index (χ1) is 13.0. The Kier molecular flexibility index (Phi) is 6.39. The molecule has 27 heavy (non-hydrogen) atoms. The summed E-state index contributed by atoms with van der Waals surface area (Å²) in [6.45, 7) is 7.93. The molecular weight excluding hydrogens is 360 g/mol. The van der Waals surface area contributed by atoms with Crippen LogP contribution in [0.15, 0.2) is 53.4 Å². The molecule has 1 fully saturated rings. The number of hydrogen-bond donors (Lipinski definition) is 1. The van der Waals surface area contributed by atoms with Crippen molar-refractivity contribution in [3.05, 3.63) is 54.1 Å². The number of benzene rings is 2. The molecule has 1 heterocycles. The molecule has 2 aromatic carbocycles. The smallest absolute Gasteiger partial charge is 0.261 e. The standard InChI is InChI=1S/C21H28N2O3S/c1-3-26-20-8-10-21(11-9-20)27(24,25)22-19-6-4-18(5-7-19)16-23-14-12-17(2)13-15-23/h4-11,17,22H,3,12-16H2,1-2H3. The summed E-state index contributed by atoms with van der Waals surface area (Å²) in [5, 5.41) is 0. The number of rotatable bonds is 7. The van der Waals surface area contributed by atoms with E-state index in [1.165, 1.54) is 18.4 Å². The first-order valence-electron chi connectivity index (χ1n) is 9.53. The van der Waals surface area contributed by atoms with Crippen molar-refractivity contribution in [2.45, 2.75) is 38.1 Å². The van der Waals surface area contributed by atoms with Crippen molar-refractivity contribution in [2.75, 3.05) is 24.4 Å². The second-order valence-corrected chi connectivity index (χ2v) is 8.85. The Hall–Kier alpha value is -2.05. The van der Waals surface area contributed by atoms with Crippen LogP contribution >= 0.6 is 0 Å². The first-order valence-corrected chi connectivity index (χ1v) is 11.0. The minimum absolute atomic E-state index is 0.220. The molecule has 1 saturated heterocycles. The van der Waals surface area contributed by atoms with Crippen LogP contribution in [0.3, 0.4) is 0 Å². The Morgan fingerprint density at radius 2 is 1.67 bits per heavy atom. The lowest BCUT2D eigenvalue weighted by Crippen LogP contribution is -2.32. The average Bonchev–Trinajstić information content (AvgIpc) is 2.66. The molecule has 1 aliphatic rings. The van der Waals surface area contributed by atoms with Crippen LogP contribution in [0.2, 0.25) is 0 Å². The summed E-state index contributed by atoms with van der Waals surface area (Å²) in [4.78, 5) is 2.68. The molecule has 5 nitrogen and oxygen atoms in total. The molecule has 0 bridgehead atoms. The third-order valence-electron chi connectivity index (χ3n) is 4.93. The second-order valence-electron chi connectivity index (χ2n) is 7.17. The van der Waals surface area contributed by atoms with Gasteiger partial charge < -0.3 is 4.74 Å². The van der Waals surface area contributed by atoms with Crippen molar-refractivity contribution in [1.29, 1.82) is 0 Å². The van der Waals surface area contributed by atoms with Gasteiger partial charge in [-0.25, -0.2) is 8.42 Å². The van der Waals surface area contributed by atoms with Crippen LogP contribution in [0.5, 0.6) is 5.75 Å². The van der Waals surface area contributed by atoms with Gasteiger partial charge in [-0.05, 0) is 80.7 Å². The number of ether oxygens (including phenoxy) is 1. The van der Waals surface area contributed by atoms with Crippen molar-refractivity contribution in [3.8, 4) is 5.75 Å². The quantitative estimate of drug-likeness (QED) is 0.775. The Morgan fingerprint density at radius 3 is 2.26 bits per heavy atom. The van der Waals surface area contributed by atoms with Crippen LogP contribution in [-0.4, -0.2) is 33.0 Å². The van der Waals surface area contributed by atoms with E-state index in [2.05, 4.69) is 16.5 Å². The van der Waals surface area contributed by atoms with E-state index in [1.54, 1.807) is 24.3 Å². The minimum Gasteiger partial charge on any atom is -0.494 e. The molecule has 0 atom stereocenters. The number of anilines is 1. The number of nitrogens with zero attached hydrogens (tertiary/aromatic N) is 1. The molecule has 3 rings (SSSR count). The van der Waals surface area contributed by atoms with Gasteiger partial charge in [0.15, 0.2) is 0 Å². The molecule has 2 aromatic rings. The van der Waals surface area contributed by atoms with E-state index in [0.717, 1.165) is 25.6 Å². The molecule has 146 valence electrons. The average molecular weight is 389 g/mol. The summed E-state index contributed by atoms with van der Waals surface area (Å²) < 4.78 is 33.1. The fourth-order valence-electron chi connectivity index (χ4n) is 3.25. The van der Waals surface area contributed by atoms with Crippen LogP contribution in [0.25, 0.3) is 0 Å². The molecule has 0 saturated carbocycles. The van der Waals surface area contributed by atoms with Crippen LogP contribution in [0.1, 0.15) is 32.3 Å². The van der Waals surface area contributed by atoms with Gasteiger partial charge in [0, 0.05) is 12.2 Å². The van der Waals surface area contributed by atoms with Crippen molar-refractivity contribution >= 4 is 15.7 Å². The lowest BCUT2D eigenvalue weighted by Gasteiger charge is -2.30. The van der Waals surface area contributed by atoms with Crippen LogP contribution in [0, 0.1) is 5.92 Å². The van der Waals surface area contributed by atoms with Crippen molar-refractivity contribution in [2.24, 2.45) is 5.92 Å². The fourth-order valence-corrected chi connectivity index (χ4v) is 4.31. The predicted molar refractivity (Wildman–Crippen MR) is 109 cm³/mol. The molecule has 0 amide bonds. The van der Waals surface area contributed by atoms with Crippen LogP contribution in [-0.2, 0) is 16.6 Å². The summed E-state index contributed by atoms with van der Waals surface area (Å²) in [7, 11) is -3.61. The van der Waals surface area contributed by atoms with Gasteiger partial charge >= 0.3 is 0 Å². The third-order valence-corrected chi connectivity index (χ3v) is 6.33. The number of sulfonamides is 1. The van der Waals surface area contributed by atoms with Crippen molar-refractivity contribution < 1.29 is 13.2 Å². The van der Waals surface area contributed by atoms with E-state index in [-0.39, 0.29) is 4.90 Å². The molecule has 0 aliphatic carbocycles. The van der Waals surface area contributed by atoms with Gasteiger partial charge in [-0.2, -0.15) is 0 Å². The molecule has 0 spiro atoms. The highest BCUT2D eigenvalue weighted by atomic mass is 32.2. The lowest BCUT2D eigenvalue weighted by molar-refractivity contribution is 0.185. The van der Waals surface area contributed by atoms with E-state index < -0.39 is 10.0 Å². The van der Waals surface area contributed by atoms with Crippen LogP contribution < -0.4 is 9.46 Å². The molecule has 1 N–H and O–H groups in total. The maximum absolute atomic E-state index is 12.5. The predicted octanol–water partition coefficient (Wildman–Crippen LogP) is 4.12. The number of hydrogen-bond acceptors (Lipinski definition) is 4. The third kappa shape index (κ3) is 5.47. The van der Waals surface area contributed by atoms with Crippen LogP contribution in [0.4, 0.5) is 5.69 Å². The van der Waals surface area contributed by atoms with Gasteiger partial charge in [-0.1, -0.05) is 19.1 Å². The molecule has 6 heteroatoms. The summed E-state index contributed by atoms with van der Waals surface area (Å²) in [5.41, 5.74) is 1.77. The van der Waals surface area contributed by atoms with E-state index in [4.69, 9.17) is 4.74 Å². The van der Waals surface area contributed by atoms with E-state index >= 15 is 0 Å². The Morgan fingerprint density at radius 1 is 1.04 bits per heavy atom. The van der Waals surface area contributed by atoms with E-state index in [1.807, 2.05) is 31.2 Å². The number of likely N-dealkylation sites (tertiary alicyclic amines) is 1. The molecule has 1 aliphatic heterocycles. The van der Waals surface area contributed by atoms with Gasteiger partial charge in [0.25, 0.3) is 10.0 Å². The minimum atomic E-state index is -3.61. The maximum atomic E-state index is 12.5. The van der Waals surface area contributed by atoms with Gasteiger partial charge in [-0.15, -0.1) is 0 Å². The summed E-state index contributed by atoms with van der Waals surface area (Å²) in [5.74, 6) is 1.48. The van der Waals surface area contributed by atoms with Gasteiger partial charge in [0.2, 0.25) is 0 Å². The Balaban J connectivity index is 1.61. The van der Waals surface area contributed by atoms with Gasteiger partial charge in [0.1, 0.15) is 5.75 Å². The summed E-state index contributed by atoms with van der Waals surface area (Å²) in [6.07, 6.45) is 2.50. The number of nitrogens with one attached hydrogen (secondary N) is 1. The monoisotopic (exact) mass is 388 g/mol. The highest BCUT2D eigenvalue weighted by Crippen LogP contribution is 2.21. The normalized spacial score (nSPS) is 16.2. The Labute approximate surface area is 162 Å². The zero-order valence-corrected chi connectivity index (χ0v) is 16.8. The highest BCUT2D eigenvalue weighted by molar-refractivity contribution is 7.92. The van der Waals surface area contributed by atoms with Gasteiger partial charge in [0.05, 0.1) is 11.5 Å². The van der Waals surface area contributed by atoms with E-state index in [0.29, 0.717) is 18.0 Å². The topological polar surface area (TPSA) is 58.6 Å². The fraction of sp³-hybridized carbons (Fsp3) is 0.429. The molecule has 0 aromatic heterocycles. The SMILES string of the molecule is CCOc1ccc(S(=O)(=O)Nc2ccc(CN3CCC(C)CC3)cc2)cc1. The maximum Gasteiger partial charge on any atom is 0.261 e. The zero-order chi connectivity index (χ0) is 19.3. The highest BCUT2D eigenvalue weighted by Gasteiger charge is 2.16. The Bertz CT molecular complexity index is 825. The first kappa shape index (κ1) is 19.7. The van der Waals surface area contributed by atoms with E-state index in [9.17, 15) is 8.42 Å². The largest absolute Gasteiger partial charge is 0.494 e. The van der Waals surface area contributed by atoms with Gasteiger partial charge in [-0.3, -0.25) is 9.62 Å². The lowest BCUT2D eigenvalue weighted by atomic mass is 9.99. The molecule has 0 unspecified atom stereocenters. The van der Waals surface area contributed by atoms with Crippen molar-refractivity contribution in [3.63, 3.8) is 0 Å². The zero-order valence-electron chi connectivity index (χ0n) is 16.0. The second kappa shape index (κ2) is 8.76. The summed E-state index contributed by atoms with van der Waals surface area (Å²) in [6, 6.07) is 14.1. The van der Waals surface area contributed by atoms with Crippen molar-refractivity contribution in [1.82, 2.24) is 4.90 Å². The summed E-state index contributed by atoms with van der Waals surface area (Å²) >= 11 is 0. The number of piperidine rings is 1.